The molecule has 3 aromatic carbocycles. The molecular weight excluding hydrogens is 467 g/mol. The number of carbonyl (C=O) groups is 1. The number of rotatable bonds is 7. The van der Waals surface area contributed by atoms with Gasteiger partial charge in [0.05, 0.1) is 22.6 Å². The molecule has 0 bridgehead atoms. The number of amides is 2. The van der Waals surface area contributed by atoms with Crippen LogP contribution in [0.15, 0.2) is 77.6 Å². The van der Waals surface area contributed by atoms with Gasteiger partial charge in [0.25, 0.3) is 5.56 Å². The highest BCUT2D eigenvalue weighted by Gasteiger charge is 2.29. The lowest BCUT2D eigenvalue weighted by Gasteiger charge is -2.32. The van der Waals surface area contributed by atoms with Crippen LogP contribution in [0.25, 0.3) is 16.6 Å². The van der Waals surface area contributed by atoms with Crippen LogP contribution in [-0.4, -0.2) is 27.0 Å². The summed E-state index contributed by atoms with van der Waals surface area (Å²) in [6, 6.07) is 18.9. The quantitative estimate of drug-likeness (QED) is 0.317. The zero-order valence-corrected chi connectivity index (χ0v) is 20.3. The van der Waals surface area contributed by atoms with Crippen LogP contribution in [0.4, 0.5) is 14.9 Å². The Hall–Kier alpha value is -3.71. The molecule has 180 valence electrons. The third kappa shape index (κ3) is 5.20. The van der Waals surface area contributed by atoms with E-state index in [0.717, 1.165) is 0 Å². The van der Waals surface area contributed by atoms with Crippen LogP contribution in [0, 0.1) is 5.82 Å². The summed E-state index contributed by atoms with van der Waals surface area (Å²) in [6.45, 7) is 4.32. The molecule has 1 unspecified atom stereocenters. The SMILES string of the molecule is CCCN(C(=O)Nc1cccc(F)c1)C(CC)c1nc2ccccc2c(=O)n1-c1cccc(Cl)c1. The first-order chi connectivity index (χ1) is 16.9. The van der Waals surface area contributed by atoms with Crippen LogP contribution in [0.2, 0.25) is 5.02 Å². The standard InChI is InChI=1S/C27H26ClFN4O2/c1-3-15-32(27(35)30-20-11-8-10-19(29)17-20)24(4-2)25-31-23-14-6-5-13-22(23)26(34)33(25)21-12-7-9-18(28)16-21/h5-14,16-17,24H,3-4,15H2,1-2H3,(H,30,35). The topological polar surface area (TPSA) is 67.2 Å². The summed E-state index contributed by atoms with van der Waals surface area (Å²) < 4.78 is 15.2. The van der Waals surface area contributed by atoms with Crippen molar-refractivity contribution in [2.24, 2.45) is 0 Å². The molecule has 4 aromatic rings. The molecule has 6 nitrogen and oxygen atoms in total. The van der Waals surface area contributed by atoms with E-state index in [1.807, 2.05) is 19.9 Å². The van der Waals surface area contributed by atoms with E-state index in [9.17, 15) is 14.0 Å². The molecule has 35 heavy (non-hydrogen) atoms. The van der Waals surface area contributed by atoms with Crippen LogP contribution in [0.5, 0.6) is 0 Å². The number of benzene rings is 3. The molecule has 0 saturated carbocycles. The summed E-state index contributed by atoms with van der Waals surface area (Å²) in [7, 11) is 0. The van der Waals surface area contributed by atoms with Crippen molar-refractivity contribution >= 4 is 34.2 Å². The van der Waals surface area contributed by atoms with Crippen LogP contribution in [0.3, 0.4) is 0 Å². The molecule has 0 aliphatic carbocycles. The molecule has 1 atom stereocenters. The fraction of sp³-hybridized carbons (Fsp3) is 0.222. The van der Waals surface area contributed by atoms with E-state index in [4.69, 9.17) is 16.6 Å². The molecule has 0 aliphatic rings. The summed E-state index contributed by atoms with van der Waals surface area (Å²) >= 11 is 6.26. The lowest BCUT2D eigenvalue weighted by molar-refractivity contribution is 0.181. The zero-order valence-electron chi connectivity index (χ0n) is 19.5. The Kier molecular flexibility index (Phi) is 7.46. The summed E-state index contributed by atoms with van der Waals surface area (Å²) in [5.74, 6) is -0.0100. The van der Waals surface area contributed by atoms with Crippen molar-refractivity contribution < 1.29 is 9.18 Å². The van der Waals surface area contributed by atoms with Crippen molar-refractivity contribution in [3.8, 4) is 5.69 Å². The first-order valence-electron chi connectivity index (χ1n) is 11.5. The van der Waals surface area contributed by atoms with E-state index >= 15 is 0 Å². The molecule has 0 radical (unpaired) electrons. The maximum Gasteiger partial charge on any atom is 0.322 e. The number of hydrogen-bond donors (Lipinski definition) is 1. The summed E-state index contributed by atoms with van der Waals surface area (Å²) in [5, 5.41) is 3.74. The molecule has 1 N–H and O–H groups in total. The molecular formula is C27H26ClFN4O2. The van der Waals surface area contributed by atoms with Crippen molar-refractivity contribution in [3.05, 3.63) is 99.8 Å². The van der Waals surface area contributed by atoms with E-state index < -0.39 is 17.9 Å². The molecule has 8 heteroatoms. The van der Waals surface area contributed by atoms with Crippen molar-refractivity contribution in [2.45, 2.75) is 32.7 Å². The smallest absolute Gasteiger partial charge is 0.314 e. The molecule has 0 fully saturated rings. The maximum absolute atomic E-state index is 13.7. The lowest BCUT2D eigenvalue weighted by Crippen LogP contribution is -2.41. The van der Waals surface area contributed by atoms with Crippen molar-refractivity contribution in [3.63, 3.8) is 0 Å². The van der Waals surface area contributed by atoms with Crippen molar-refractivity contribution in [1.29, 1.82) is 0 Å². The number of nitrogens with zero attached hydrogens (tertiary/aromatic N) is 3. The summed E-state index contributed by atoms with van der Waals surface area (Å²) in [4.78, 5) is 33.6. The normalized spacial score (nSPS) is 11.9. The lowest BCUT2D eigenvalue weighted by atomic mass is 10.1. The highest BCUT2D eigenvalue weighted by molar-refractivity contribution is 6.30. The second kappa shape index (κ2) is 10.7. The van der Waals surface area contributed by atoms with Gasteiger partial charge in [0.1, 0.15) is 11.6 Å². The highest BCUT2D eigenvalue weighted by atomic mass is 35.5. The Morgan fingerprint density at radius 2 is 1.86 bits per heavy atom. The number of anilines is 1. The summed E-state index contributed by atoms with van der Waals surface area (Å²) in [5.41, 5.74) is 1.22. The van der Waals surface area contributed by atoms with Gasteiger partial charge in [-0.1, -0.05) is 49.7 Å². The number of nitrogens with one attached hydrogen (secondary N) is 1. The van der Waals surface area contributed by atoms with Gasteiger partial charge in [-0.3, -0.25) is 9.36 Å². The average Bonchev–Trinajstić information content (AvgIpc) is 2.84. The van der Waals surface area contributed by atoms with Gasteiger partial charge in [0.2, 0.25) is 0 Å². The number of para-hydroxylation sites is 1. The zero-order chi connectivity index (χ0) is 24.9. The number of carbonyl (C=O) groups excluding carboxylic acids is 1. The fourth-order valence-electron chi connectivity index (χ4n) is 4.18. The van der Waals surface area contributed by atoms with E-state index in [1.165, 1.54) is 22.8 Å². The predicted molar refractivity (Wildman–Crippen MR) is 138 cm³/mol. The molecule has 0 spiro atoms. The molecule has 4 rings (SSSR count). The predicted octanol–water partition coefficient (Wildman–Crippen LogP) is 6.57. The number of urea groups is 1. The molecule has 2 amide bonds. The first kappa shape index (κ1) is 24.4. The van der Waals surface area contributed by atoms with Gasteiger partial charge in [0.15, 0.2) is 0 Å². The Labute approximate surface area is 208 Å². The van der Waals surface area contributed by atoms with Gasteiger partial charge >= 0.3 is 6.03 Å². The third-order valence-electron chi connectivity index (χ3n) is 5.73. The van der Waals surface area contributed by atoms with Gasteiger partial charge in [-0.2, -0.15) is 0 Å². The average molecular weight is 493 g/mol. The highest BCUT2D eigenvalue weighted by Crippen LogP contribution is 2.28. The minimum absolute atomic E-state index is 0.242. The Balaban J connectivity index is 1.87. The first-order valence-corrected chi connectivity index (χ1v) is 11.9. The van der Waals surface area contributed by atoms with Crippen molar-refractivity contribution in [2.75, 3.05) is 11.9 Å². The monoisotopic (exact) mass is 492 g/mol. The molecule has 1 aromatic heterocycles. The summed E-state index contributed by atoms with van der Waals surface area (Å²) in [6.07, 6.45) is 1.18. The number of hydrogen-bond acceptors (Lipinski definition) is 3. The fourth-order valence-corrected chi connectivity index (χ4v) is 4.37. The van der Waals surface area contributed by atoms with Crippen LogP contribution in [-0.2, 0) is 0 Å². The number of fused-ring (bicyclic) bond motifs is 1. The van der Waals surface area contributed by atoms with Gasteiger partial charge in [-0.05, 0) is 61.4 Å². The van der Waals surface area contributed by atoms with E-state index in [-0.39, 0.29) is 5.56 Å². The Morgan fingerprint density at radius 3 is 2.57 bits per heavy atom. The largest absolute Gasteiger partial charge is 0.322 e. The van der Waals surface area contributed by atoms with Gasteiger partial charge in [-0.15, -0.1) is 0 Å². The minimum Gasteiger partial charge on any atom is -0.314 e. The van der Waals surface area contributed by atoms with Crippen LogP contribution >= 0.6 is 11.6 Å². The van der Waals surface area contributed by atoms with E-state index in [1.54, 1.807) is 53.4 Å². The van der Waals surface area contributed by atoms with E-state index in [0.29, 0.717) is 52.5 Å². The third-order valence-corrected chi connectivity index (χ3v) is 5.97. The van der Waals surface area contributed by atoms with Gasteiger partial charge in [-0.25, -0.2) is 14.2 Å². The minimum atomic E-state index is -0.528. The van der Waals surface area contributed by atoms with E-state index in [2.05, 4.69) is 5.32 Å². The van der Waals surface area contributed by atoms with Gasteiger partial charge in [0, 0.05) is 17.3 Å². The van der Waals surface area contributed by atoms with Crippen LogP contribution < -0.4 is 10.9 Å². The molecule has 1 heterocycles. The maximum atomic E-state index is 13.7. The van der Waals surface area contributed by atoms with Gasteiger partial charge < -0.3 is 10.2 Å². The van der Waals surface area contributed by atoms with Crippen LogP contribution in [0.1, 0.15) is 38.6 Å². The van der Waals surface area contributed by atoms with Crippen molar-refractivity contribution in [1.82, 2.24) is 14.5 Å². The Bertz CT molecular complexity index is 1420. The second-order valence-electron chi connectivity index (χ2n) is 8.17. The number of aromatic nitrogens is 2. The second-order valence-corrected chi connectivity index (χ2v) is 8.60. The molecule has 0 aliphatic heterocycles. The molecule has 0 saturated heterocycles. The Morgan fingerprint density at radius 1 is 1.09 bits per heavy atom. The number of halogens is 2.